The van der Waals surface area contributed by atoms with Gasteiger partial charge in [-0.3, -0.25) is 4.79 Å². The first-order chi connectivity index (χ1) is 16.1. The molecule has 1 aliphatic heterocycles. The molecule has 0 saturated carbocycles. The second-order valence-corrected chi connectivity index (χ2v) is 7.73. The lowest BCUT2D eigenvalue weighted by Gasteiger charge is -2.32. The Balaban J connectivity index is 1.63. The van der Waals surface area contributed by atoms with E-state index in [4.69, 9.17) is 0 Å². The average molecular weight is 486 g/mol. The van der Waals surface area contributed by atoms with Crippen molar-refractivity contribution < 1.29 is 41.0 Å². The molecule has 1 aliphatic rings. The van der Waals surface area contributed by atoms with Crippen molar-refractivity contribution in [2.75, 3.05) is 19.7 Å². The Labute approximate surface area is 192 Å². The Bertz CT molecular complexity index is 946. The van der Waals surface area contributed by atoms with Crippen LogP contribution in [0.3, 0.4) is 0 Å². The van der Waals surface area contributed by atoms with Crippen molar-refractivity contribution in [1.29, 1.82) is 0 Å². The second kappa shape index (κ2) is 11.2. The summed E-state index contributed by atoms with van der Waals surface area (Å²) in [5.74, 6) is -0.758. The van der Waals surface area contributed by atoms with Crippen molar-refractivity contribution in [3.8, 4) is 5.75 Å². The second-order valence-electron chi connectivity index (χ2n) is 7.73. The summed E-state index contributed by atoms with van der Waals surface area (Å²) in [7, 11) is 0. The Kier molecular flexibility index (Phi) is 8.30. The van der Waals surface area contributed by atoms with E-state index < -0.39 is 37.4 Å². The van der Waals surface area contributed by atoms with Crippen molar-refractivity contribution in [1.82, 2.24) is 10.2 Å². The first-order valence-electron chi connectivity index (χ1n) is 10.5. The van der Waals surface area contributed by atoms with Gasteiger partial charge < -0.3 is 19.7 Å². The molecular formula is C23H23F5N2O4. The van der Waals surface area contributed by atoms with Crippen LogP contribution in [0.15, 0.2) is 54.6 Å². The highest BCUT2D eigenvalue weighted by atomic mass is 19.4. The molecule has 1 saturated heterocycles. The van der Waals surface area contributed by atoms with Crippen molar-refractivity contribution in [3.05, 3.63) is 65.7 Å². The number of ether oxygens (including phenoxy) is 2. The normalized spacial score (nSPS) is 15.6. The highest BCUT2D eigenvalue weighted by molar-refractivity contribution is 5.80. The number of hydrogen-bond acceptors (Lipinski definition) is 4. The summed E-state index contributed by atoms with van der Waals surface area (Å²) < 4.78 is 70.2. The van der Waals surface area contributed by atoms with Gasteiger partial charge in [-0.15, -0.1) is 0 Å². The third-order valence-corrected chi connectivity index (χ3v) is 5.34. The molecule has 0 radical (unpaired) electrons. The van der Waals surface area contributed by atoms with E-state index in [2.05, 4.69) is 14.8 Å². The van der Waals surface area contributed by atoms with E-state index in [0.29, 0.717) is 5.56 Å². The zero-order valence-corrected chi connectivity index (χ0v) is 17.9. The molecule has 6 nitrogen and oxygen atoms in total. The van der Waals surface area contributed by atoms with Gasteiger partial charge in [0.25, 0.3) is 0 Å². The summed E-state index contributed by atoms with van der Waals surface area (Å²) in [5, 5.41) is 2.96. The molecule has 1 fully saturated rings. The SMILES string of the molecule is O=C(NC(c1ccccc1)c1ccc(OC(F)F)cc1)C1CCN(C(=O)OCC(F)(F)F)CC1. The Morgan fingerprint density at radius 1 is 0.971 bits per heavy atom. The fourth-order valence-corrected chi connectivity index (χ4v) is 3.67. The molecule has 2 aromatic carbocycles. The minimum Gasteiger partial charge on any atom is -0.440 e. The molecule has 2 amide bonds. The van der Waals surface area contributed by atoms with Crippen LogP contribution in [-0.2, 0) is 9.53 Å². The molecule has 0 spiro atoms. The van der Waals surface area contributed by atoms with Gasteiger partial charge in [0, 0.05) is 19.0 Å². The van der Waals surface area contributed by atoms with Crippen LogP contribution in [0.2, 0.25) is 0 Å². The lowest BCUT2D eigenvalue weighted by molar-refractivity contribution is -0.162. The van der Waals surface area contributed by atoms with Gasteiger partial charge in [0.05, 0.1) is 6.04 Å². The summed E-state index contributed by atoms with van der Waals surface area (Å²) in [6.07, 6.45) is -5.15. The number of rotatable bonds is 7. The van der Waals surface area contributed by atoms with Gasteiger partial charge >= 0.3 is 18.9 Å². The van der Waals surface area contributed by atoms with Gasteiger partial charge in [0.15, 0.2) is 6.61 Å². The van der Waals surface area contributed by atoms with E-state index in [1.165, 1.54) is 12.1 Å². The fourth-order valence-electron chi connectivity index (χ4n) is 3.67. The highest BCUT2D eigenvalue weighted by Crippen LogP contribution is 2.27. The monoisotopic (exact) mass is 486 g/mol. The third kappa shape index (κ3) is 7.32. The first kappa shape index (κ1) is 25.3. The lowest BCUT2D eigenvalue weighted by atomic mass is 9.93. The van der Waals surface area contributed by atoms with E-state index in [9.17, 15) is 31.5 Å². The smallest absolute Gasteiger partial charge is 0.422 e. The number of alkyl halides is 5. The van der Waals surface area contributed by atoms with Crippen LogP contribution < -0.4 is 10.1 Å². The van der Waals surface area contributed by atoms with Gasteiger partial charge in [0.2, 0.25) is 5.91 Å². The number of piperidine rings is 1. The van der Waals surface area contributed by atoms with Gasteiger partial charge in [0.1, 0.15) is 5.75 Å². The quantitative estimate of drug-likeness (QED) is 0.565. The Morgan fingerprint density at radius 3 is 2.12 bits per heavy atom. The maximum absolute atomic E-state index is 13.0. The number of carbonyl (C=O) groups excluding carboxylic acids is 2. The number of nitrogens with one attached hydrogen (secondary N) is 1. The summed E-state index contributed by atoms with van der Waals surface area (Å²) >= 11 is 0. The Hall–Kier alpha value is -3.37. The molecular weight excluding hydrogens is 463 g/mol. The summed E-state index contributed by atoms with van der Waals surface area (Å²) in [6.45, 7) is -4.44. The van der Waals surface area contributed by atoms with Crippen LogP contribution in [-0.4, -0.2) is 49.4 Å². The highest BCUT2D eigenvalue weighted by Gasteiger charge is 2.33. The number of carbonyl (C=O) groups is 2. The number of benzene rings is 2. The number of amides is 2. The topological polar surface area (TPSA) is 67.9 Å². The van der Waals surface area contributed by atoms with E-state index in [1.54, 1.807) is 24.3 Å². The van der Waals surface area contributed by atoms with E-state index in [0.717, 1.165) is 10.5 Å². The molecule has 184 valence electrons. The van der Waals surface area contributed by atoms with E-state index in [1.807, 2.05) is 18.2 Å². The van der Waals surface area contributed by atoms with Crippen molar-refractivity contribution in [2.45, 2.75) is 31.7 Å². The number of likely N-dealkylation sites (tertiary alicyclic amines) is 1. The predicted octanol–water partition coefficient (Wildman–Crippen LogP) is 4.90. The van der Waals surface area contributed by atoms with Gasteiger partial charge in [-0.05, 0) is 36.1 Å². The minimum absolute atomic E-state index is 0.0123. The van der Waals surface area contributed by atoms with Crippen LogP contribution in [0, 0.1) is 5.92 Å². The number of nitrogens with zero attached hydrogens (tertiary/aromatic N) is 1. The molecule has 1 N–H and O–H groups in total. The third-order valence-electron chi connectivity index (χ3n) is 5.34. The maximum atomic E-state index is 13.0. The van der Waals surface area contributed by atoms with Crippen LogP contribution in [0.25, 0.3) is 0 Å². The summed E-state index contributed by atoms with van der Waals surface area (Å²) in [4.78, 5) is 25.9. The largest absolute Gasteiger partial charge is 0.440 e. The molecule has 3 rings (SSSR count). The maximum Gasteiger partial charge on any atom is 0.422 e. The molecule has 0 bridgehead atoms. The summed E-state index contributed by atoms with van der Waals surface area (Å²) in [5.41, 5.74) is 1.42. The molecule has 11 heteroatoms. The molecule has 1 atom stereocenters. The van der Waals surface area contributed by atoms with E-state index >= 15 is 0 Å². The average Bonchev–Trinajstić information content (AvgIpc) is 2.81. The molecule has 2 aromatic rings. The first-order valence-corrected chi connectivity index (χ1v) is 10.5. The summed E-state index contributed by atoms with van der Waals surface area (Å²) in [6, 6.07) is 14.4. The molecule has 1 unspecified atom stereocenters. The fraction of sp³-hybridized carbons (Fsp3) is 0.391. The van der Waals surface area contributed by atoms with Crippen LogP contribution in [0.4, 0.5) is 26.7 Å². The van der Waals surface area contributed by atoms with Gasteiger partial charge in [-0.25, -0.2) is 4.79 Å². The predicted molar refractivity (Wildman–Crippen MR) is 111 cm³/mol. The van der Waals surface area contributed by atoms with Crippen LogP contribution >= 0.6 is 0 Å². The number of halogens is 5. The van der Waals surface area contributed by atoms with Crippen molar-refractivity contribution in [3.63, 3.8) is 0 Å². The Morgan fingerprint density at radius 2 is 1.56 bits per heavy atom. The lowest BCUT2D eigenvalue weighted by Crippen LogP contribution is -2.44. The molecule has 0 aromatic heterocycles. The van der Waals surface area contributed by atoms with Crippen molar-refractivity contribution in [2.24, 2.45) is 5.92 Å². The zero-order valence-electron chi connectivity index (χ0n) is 17.9. The number of hydrogen-bond donors (Lipinski definition) is 1. The molecule has 34 heavy (non-hydrogen) atoms. The van der Waals surface area contributed by atoms with Crippen LogP contribution in [0.5, 0.6) is 5.75 Å². The standard InChI is InChI=1S/C23H23F5N2O4/c24-21(25)34-18-8-6-16(7-9-18)19(15-4-2-1-3-5-15)29-20(31)17-10-12-30(13-11-17)22(32)33-14-23(26,27)28/h1-9,17,19,21H,10-14H2,(H,29,31). The molecule has 1 heterocycles. The van der Waals surface area contributed by atoms with Crippen LogP contribution in [0.1, 0.15) is 30.0 Å². The van der Waals surface area contributed by atoms with Gasteiger partial charge in [-0.1, -0.05) is 42.5 Å². The zero-order chi connectivity index (χ0) is 24.7. The minimum atomic E-state index is -4.61. The van der Waals surface area contributed by atoms with E-state index in [-0.39, 0.29) is 37.6 Å². The van der Waals surface area contributed by atoms with Crippen molar-refractivity contribution >= 4 is 12.0 Å². The van der Waals surface area contributed by atoms with Gasteiger partial charge in [-0.2, -0.15) is 22.0 Å². The molecule has 0 aliphatic carbocycles.